The van der Waals surface area contributed by atoms with Gasteiger partial charge in [0.2, 0.25) is 0 Å². The molecule has 6 nitrogen and oxygen atoms in total. The summed E-state index contributed by atoms with van der Waals surface area (Å²) in [5, 5.41) is 15.1. The van der Waals surface area contributed by atoms with E-state index in [9.17, 15) is 14.3 Å². The second kappa shape index (κ2) is 10.4. The van der Waals surface area contributed by atoms with Gasteiger partial charge in [0.05, 0.1) is 6.20 Å². The summed E-state index contributed by atoms with van der Waals surface area (Å²) < 4.78 is 13.5. The second-order valence-electron chi connectivity index (χ2n) is 8.51. The van der Waals surface area contributed by atoms with Crippen LogP contribution in [0.4, 0.5) is 20.6 Å². The molecule has 1 saturated heterocycles. The van der Waals surface area contributed by atoms with Gasteiger partial charge in [0.15, 0.2) is 0 Å². The molecule has 4 rings (SSSR count). The Morgan fingerprint density at radius 2 is 1.85 bits per heavy atom. The van der Waals surface area contributed by atoms with Gasteiger partial charge in [0.1, 0.15) is 5.82 Å². The zero-order chi connectivity index (χ0) is 23.2. The zero-order valence-corrected chi connectivity index (χ0v) is 18.7. The van der Waals surface area contributed by atoms with Crippen LogP contribution < -0.4 is 15.5 Å². The van der Waals surface area contributed by atoms with Crippen molar-refractivity contribution < 1.29 is 14.3 Å². The van der Waals surface area contributed by atoms with Crippen molar-refractivity contribution in [3.05, 3.63) is 77.9 Å². The highest BCUT2D eigenvalue weighted by molar-refractivity contribution is 5.91. The molecule has 2 heterocycles. The van der Waals surface area contributed by atoms with Gasteiger partial charge in [0, 0.05) is 49.4 Å². The van der Waals surface area contributed by atoms with Crippen LogP contribution in [0.3, 0.4) is 0 Å². The second-order valence-corrected chi connectivity index (χ2v) is 8.51. The Bertz CT molecular complexity index is 1100. The zero-order valence-electron chi connectivity index (χ0n) is 18.7. The van der Waals surface area contributed by atoms with Crippen molar-refractivity contribution in [1.82, 2.24) is 10.3 Å². The first-order valence-corrected chi connectivity index (χ1v) is 11.2. The molecule has 3 aromatic rings. The SMILES string of the molecule is Cc1ccc(-c2cncc(F)c2)cc1NC(=O)NCc1ccc(N2CCC(CO)CC2)cc1. The largest absolute Gasteiger partial charge is 0.396 e. The molecule has 1 fully saturated rings. The van der Waals surface area contributed by atoms with Crippen LogP contribution in [0.15, 0.2) is 60.9 Å². The number of urea groups is 1. The number of aliphatic hydroxyl groups is 1. The number of halogens is 1. The number of hydrogen-bond acceptors (Lipinski definition) is 4. The lowest BCUT2D eigenvalue weighted by Crippen LogP contribution is -2.34. The molecule has 2 aromatic carbocycles. The van der Waals surface area contributed by atoms with Gasteiger partial charge < -0.3 is 20.6 Å². The number of rotatable bonds is 6. The maximum Gasteiger partial charge on any atom is 0.319 e. The first kappa shape index (κ1) is 22.7. The van der Waals surface area contributed by atoms with Gasteiger partial charge in [-0.05, 0) is 66.6 Å². The smallest absolute Gasteiger partial charge is 0.319 e. The van der Waals surface area contributed by atoms with Crippen LogP contribution in [-0.4, -0.2) is 35.8 Å². The average molecular weight is 449 g/mol. The van der Waals surface area contributed by atoms with Gasteiger partial charge in [-0.15, -0.1) is 0 Å². The molecule has 7 heteroatoms. The topological polar surface area (TPSA) is 77.5 Å². The minimum atomic E-state index is -0.402. The van der Waals surface area contributed by atoms with Crippen LogP contribution in [0.25, 0.3) is 11.1 Å². The van der Waals surface area contributed by atoms with E-state index in [2.05, 4.69) is 32.7 Å². The Hall–Kier alpha value is -3.45. The quantitative estimate of drug-likeness (QED) is 0.510. The average Bonchev–Trinajstić information content (AvgIpc) is 2.84. The van der Waals surface area contributed by atoms with Gasteiger partial charge in [-0.1, -0.05) is 24.3 Å². The first-order chi connectivity index (χ1) is 16.0. The molecule has 0 bridgehead atoms. The third-order valence-electron chi connectivity index (χ3n) is 6.15. The van der Waals surface area contributed by atoms with Crippen molar-refractivity contribution in [2.75, 3.05) is 29.9 Å². The van der Waals surface area contributed by atoms with Crippen molar-refractivity contribution in [2.45, 2.75) is 26.3 Å². The van der Waals surface area contributed by atoms with E-state index in [-0.39, 0.29) is 12.6 Å². The van der Waals surface area contributed by atoms with E-state index >= 15 is 0 Å². The van der Waals surface area contributed by atoms with Crippen LogP contribution in [0, 0.1) is 18.7 Å². The number of carbonyl (C=O) groups is 1. The monoisotopic (exact) mass is 448 g/mol. The fourth-order valence-electron chi connectivity index (χ4n) is 4.05. The van der Waals surface area contributed by atoms with E-state index < -0.39 is 5.82 Å². The number of carbonyl (C=O) groups excluding carboxylic acids is 1. The highest BCUT2D eigenvalue weighted by atomic mass is 19.1. The molecule has 1 aliphatic rings. The summed E-state index contributed by atoms with van der Waals surface area (Å²) in [6, 6.07) is 14.9. The molecule has 0 unspecified atom stereocenters. The maximum absolute atomic E-state index is 13.5. The molecule has 1 aromatic heterocycles. The van der Waals surface area contributed by atoms with Crippen LogP contribution in [0.1, 0.15) is 24.0 Å². The van der Waals surface area contributed by atoms with Gasteiger partial charge in [-0.2, -0.15) is 0 Å². The highest BCUT2D eigenvalue weighted by Crippen LogP contribution is 2.26. The molecular weight excluding hydrogens is 419 g/mol. The summed E-state index contributed by atoms with van der Waals surface area (Å²) in [4.78, 5) is 18.7. The Kier molecular flexibility index (Phi) is 7.19. The fourth-order valence-corrected chi connectivity index (χ4v) is 4.05. The van der Waals surface area contributed by atoms with E-state index in [0.717, 1.165) is 48.8 Å². The summed E-state index contributed by atoms with van der Waals surface area (Å²) in [6.45, 7) is 4.49. The number of aryl methyl sites for hydroxylation is 1. The van der Waals surface area contributed by atoms with E-state index in [4.69, 9.17) is 0 Å². The molecule has 172 valence electrons. The van der Waals surface area contributed by atoms with Crippen LogP contribution in [0.2, 0.25) is 0 Å². The van der Waals surface area contributed by atoms with Crippen LogP contribution in [0.5, 0.6) is 0 Å². The fraction of sp³-hybridized carbons (Fsp3) is 0.308. The summed E-state index contributed by atoms with van der Waals surface area (Å²) in [7, 11) is 0. The number of nitrogens with zero attached hydrogens (tertiary/aromatic N) is 2. The van der Waals surface area contributed by atoms with Crippen molar-refractivity contribution in [3.63, 3.8) is 0 Å². The Morgan fingerprint density at radius 1 is 1.09 bits per heavy atom. The number of aromatic nitrogens is 1. The lowest BCUT2D eigenvalue weighted by Gasteiger charge is -2.33. The number of hydrogen-bond donors (Lipinski definition) is 3. The molecule has 0 aliphatic carbocycles. The van der Waals surface area contributed by atoms with E-state index in [0.29, 0.717) is 23.7 Å². The molecule has 3 N–H and O–H groups in total. The minimum absolute atomic E-state index is 0.270. The van der Waals surface area contributed by atoms with E-state index in [1.54, 1.807) is 6.20 Å². The molecule has 0 atom stereocenters. The number of anilines is 2. The first-order valence-electron chi connectivity index (χ1n) is 11.2. The van der Waals surface area contributed by atoms with E-state index in [1.807, 2.05) is 37.3 Å². The lowest BCUT2D eigenvalue weighted by molar-refractivity contribution is 0.203. The lowest BCUT2D eigenvalue weighted by atomic mass is 9.97. The predicted octanol–water partition coefficient (Wildman–Crippen LogP) is 4.73. The Balaban J connectivity index is 1.33. The Labute approximate surface area is 193 Å². The molecule has 0 radical (unpaired) electrons. The molecule has 1 aliphatic heterocycles. The number of aliphatic hydroxyl groups excluding tert-OH is 1. The Morgan fingerprint density at radius 3 is 2.55 bits per heavy atom. The number of benzene rings is 2. The molecule has 0 saturated carbocycles. The normalized spacial score (nSPS) is 14.2. The molecule has 33 heavy (non-hydrogen) atoms. The summed E-state index contributed by atoms with van der Waals surface area (Å²) >= 11 is 0. The van der Waals surface area contributed by atoms with Gasteiger partial charge in [-0.3, -0.25) is 4.98 Å². The molecule has 0 spiro atoms. The van der Waals surface area contributed by atoms with Gasteiger partial charge in [0.25, 0.3) is 0 Å². The van der Waals surface area contributed by atoms with Crippen molar-refractivity contribution >= 4 is 17.4 Å². The minimum Gasteiger partial charge on any atom is -0.396 e. The van der Waals surface area contributed by atoms with Crippen molar-refractivity contribution in [3.8, 4) is 11.1 Å². The summed E-state index contributed by atoms with van der Waals surface area (Å²) in [5.41, 5.74) is 5.18. The predicted molar refractivity (Wildman–Crippen MR) is 129 cm³/mol. The van der Waals surface area contributed by atoms with E-state index in [1.165, 1.54) is 11.8 Å². The van der Waals surface area contributed by atoms with Crippen LogP contribution in [-0.2, 0) is 6.54 Å². The number of nitrogens with one attached hydrogen (secondary N) is 2. The third kappa shape index (κ3) is 5.87. The number of amides is 2. The summed E-state index contributed by atoms with van der Waals surface area (Å²) in [6.07, 6.45) is 4.78. The standard InChI is InChI=1S/C26H29FN4O2/c1-18-2-5-21(22-12-23(27)16-28-15-22)13-25(18)30-26(33)29-14-19-3-6-24(7-4-19)31-10-8-20(17-32)9-11-31/h2-7,12-13,15-16,20,32H,8-11,14,17H2,1H3,(H2,29,30,33). The van der Waals surface area contributed by atoms with Crippen molar-refractivity contribution in [1.29, 1.82) is 0 Å². The highest BCUT2D eigenvalue weighted by Gasteiger charge is 2.18. The third-order valence-corrected chi connectivity index (χ3v) is 6.15. The molecule has 2 amide bonds. The number of piperidine rings is 1. The maximum atomic E-state index is 13.5. The van der Waals surface area contributed by atoms with Gasteiger partial charge >= 0.3 is 6.03 Å². The molecular formula is C26H29FN4O2. The van der Waals surface area contributed by atoms with Gasteiger partial charge in [-0.25, -0.2) is 9.18 Å². The number of pyridine rings is 1. The summed E-state index contributed by atoms with van der Waals surface area (Å²) in [5.74, 6) is 0.0130. The van der Waals surface area contributed by atoms with Crippen LogP contribution >= 0.6 is 0 Å². The van der Waals surface area contributed by atoms with Crippen molar-refractivity contribution in [2.24, 2.45) is 5.92 Å².